The summed E-state index contributed by atoms with van der Waals surface area (Å²) in [6.07, 6.45) is 0. The van der Waals surface area contributed by atoms with Crippen molar-refractivity contribution in [2.75, 3.05) is 5.32 Å². The number of thioether (sulfide) groups is 1. The van der Waals surface area contributed by atoms with Crippen molar-refractivity contribution in [3.63, 3.8) is 0 Å². The minimum absolute atomic E-state index is 0.253. The van der Waals surface area contributed by atoms with Crippen molar-refractivity contribution >= 4 is 55.7 Å². The summed E-state index contributed by atoms with van der Waals surface area (Å²) in [5.74, 6) is 0.568. The number of aromatic nitrogens is 3. The van der Waals surface area contributed by atoms with Gasteiger partial charge in [-0.2, -0.15) is 0 Å². The summed E-state index contributed by atoms with van der Waals surface area (Å²) in [7, 11) is 0. The van der Waals surface area contributed by atoms with Crippen molar-refractivity contribution in [3.8, 4) is 0 Å². The van der Waals surface area contributed by atoms with Gasteiger partial charge in [-0.1, -0.05) is 65.6 Å². The first kappa shape index (κ1) is 16.2. The van der Waals surface area contributed by atoms with Crippen molar-refractivity contribution < 1.29 is 4.79 Å². The Morgan fingerprint density at radius 3 is 2.64 bits per heavy atom. The number of carbonyl (C=O) groups is 1. The molecule has 0 saturated heterocycles. The summed E-state index contributed by atoms with van der Waals surface area (Å²) < 4.78 is 1.81. The Bertz CT molecular complexity index is 980. The molecule has 2 aromatic carbocycles. The molecule has 124 valence electrons. The number of carbonyl (C=O) groups excluding carboxylic acids is 1. The fraction of sp³-hybridized carbons (Fsp3) is 0.0588. The van der Waals surface area contributed by atoms with Crippen molar-refractivity contribution in [2.45, 2.75) is 10.1 Å². The Morgan fingerprint density at radius 1 is 1.00 bits per heavy atom. The van der Waals surface area contributed by atoms with Gasteiger partial charge in [0.2, 0.25) is 5.13 Å². The van der Waals surface area contributed by atoms with Crippen molar-refractivity contribution in [3.05, 3.63) is 65.2 Å². The van der Waals surface area contributed by atoms with Crippen LogP contribution in [0.15, 0.2) is 58.9 Å². The summed E-state index contributed by atoms with van der Waals surface area (Å²) in [6.45, 7) is 0. The van der Waals surface area contributed by atoms with Gasteiger partial charge in [0.1, 0.15) is 0 Å². The third kappa shape index (κ3) is 3.87. The van der Waals surface area contributed by atoms with Gasteiger partial charge in [-0.15, -0.1) is 21.5 Å². The highest BCUT2D eigenvalue weighted by atomic mass is 32.2. The highest BCUT2D eigenvalue weighted by Gasteiger charge is 2.14. The average molecular weight is 385 g/mol. The molecule has 1 N–H and O–H groups in total. The number of para-hydroxylation sites is 1. The van der Waals surface area contributed by atoms with Crippen molar-refractivity contribution in [1.29, 1.82) is 0 Å². The second-order valence-electron chi connectivity index (χ2n) is 5.09. The molecule has 0 saturated carbocycles. The number of nitrogens with one attached hydrogen (secondary N) is 1. The molecule has 0 aliphatic carbocycles. The van der Waals surface area contributed by atoms with E-state index in [0.717, 1.165) is 20.3 Å². The predicted octanol–water partition coefficient (Wildman–Crippen LogP) is 4.69. The SMILES string of the molecule is O=C(Nc1nnc(SCc2ccccc2)s1)c1nc2ccccc2s1. The molecule has 0 unspecified atom stereocenters. The van der Waals surface area contributed by atoms with E-state index in [4.69, 9.17) is 0 Å². The third-order valence-corrected chi connectivity index (χ3v) is 6.40. The lowest BCUT2D eigenvalue weighted by Crippen LogP contribution is -2.11. The van der Waals surface area contributed by atoms with E-state index in [-0.39, 0.29) is 5.91 Å². The van der Waals surface area contributed by atoms with Gasteiger partial charge < -0.3 is 0 Å². The van der Waals surface area contributed by atoms with E-state index in [1.807, 2.05) is 42.5 Å². The number of thiazole rings is 1. The Morgan fingerprint density at radius 2 is 1.80 bits per heavy atom. The fourth-order valence-electron chi connectivity index (χ4n) is 2.16. The van der Waals surface area contributed by atoms with E-state index >= 15 is 0 Å². The van der Waals surface area contributed by atoms with Gasteiger partial charge in [0.05, 0.1) is 10.2 Å². The molecule has 4 rings (SSSR count). The molecule has 0 aliphatic heterocycles. The number of nitrogens with zero attached hydrogens (tertiary/aromatic N) is 3. The van der Waals surface area contributed by atoms with Crippen LogP contribution in [0.4, 0.5) is 5.13 Å². The molecule has 0 radical (unpaired) electrons. The van der Waals surface area contributed by atoms with E-state index in [2.05, 4.69) is 32.6 Å². The Hall–Kier alpha value is -2.29. The maximum absolute atomic E-state index is 12.3. The number of hydrogen-bond donors (Lipinski definition) is 1. The van der Waals surface area contributed by atoms with E-state index in [1.165, 1.54) is 28.2 Å². The van der Waals surface area contributed by atoms with Crippen LogP contribution in [-0.2, 0) is 5.75 Å². The molecule has 25 heavy (non-hydrogen) atoms. The second-order valence-corrected chi connectivity index (χ2v) is 8.32. The number of anilines is 1. The van der Waals surface area contributed by atoms with Crippen LogP contribution in [0.3, 0.4) is 0 Å². The fourth-order valence-corrected chi connectivity index (χ4v) is 4.72. The molecule has 0 fully saturated rings. The number of fused-ring (bicyclic) bond motifs is 1. The summed E-state index contributed by atoms with van der Waals surface area (Å²) in [5.41, 5.74) is 2.05. The van der Waals surface area contributed by atoms with Crippen LogP contribution in [0.25, 0.3) is 10.2 Å². The van der Waals surface area contributed by atoms with E-state index in [9.17, 15) is 4.79 Å². The molecule has 2 heterocycles. The highest BCUT2D eigenvalue weighted by molar-refractivity contribution is 8.00. The lowest BCUT2D eigenvalue weighted by atomic mass is 10.2. The van der Waals surface area contributed by atoms with E-state index in [1.54, 1.807) is 11.8 Å². The maximum atomic E-state index is 12.3. The molecule has 8 heteroatoms. The lowest BCUT2D eigenvalue weighted by molar-refractivity contribution is 0.102. The molecule has 1 amide bonds. The molecule has 0 spiro atoms. The topological polar surface area (TPSA) is 67.8 Å². The Kier molecular flexibility index (Phi) is 4.73. The van der Waals surface area contributed by atoms with Crippen LogP contribution >= 0.6 is 34.4 Å². The normalized spacial score (nSPS) is 10.9. The first-order valence-corrected chi connectivity index (χ1v) is 10.1. The highest BCUT2D eigenvalue weighted by Crippen LogP contribution is 2.29. The zero-order valence-corrected chi connectivity index (χ0v) is 15.3. The quantitative estimate of drug-likeness (QED) is 0.399. The van der Waals surface area contributed by atoms with Gasteiger partial charge in [-0.05, 0) is 17.7 Å². The van der Waals surface area contributed by atoms with Crippen LogP contribution in [0, 0.1) is 0 Å². The van der Waals surface area contributed by atoms with Crippen LogP contribution in [0.5, 0.6) is 0 Å². The van der Waals surface area contributed by atoms with Crippen LogP contribution < -0.4 is 5.32 Å². The summed E-state index contributed by atoms with van der Waals surface area (Å²) >= 11 is 4.34. The molecular formula is C17H12N4OS3. The zero-order valence-electron chi connectivity index (χ0n) is 12.9. The molecule has 5 nitrogen and oxygen atoms in total. The molecule has 2 aromatic heterocycles. The largest absolute Gasteiger partial charge is 0.294 e. The molecule has 4 aromatic rings. The van der Waals surface area contributed by atoms with Crippen LogP contribution in [0.1, 0.15) is 15.4 Å². The van der Waals surface area contributed by atoms with Crippen molar-refractivity contribution in [1.82, 2.24) is 15.2 Å². The zero-order chi connectivity index (χ0) is 17.1. The van der Waals surface area contributed by atoms with Gasteiger partial charge >= 0.3 is 0 Å². The first-order chi connectivity index (χ1) is 12.3. The smallest absolute Gasteiger partial charge is 0.286 e. The van der Waals surface area contributed by atoms with Gasteiger partial charge in [0, 0.05) is 5.75 Å². The standard InChI is InChI=1S/C17H12N4OS3/c22-14(15-18-12-8-4-5-9-13(12)24-15)19-16-20-21-17(25-16)23-10-11-6-2-1-3-7-11/h1-9H,10H2,(H,19,20,22). The van der Waals surface area contributed by atoms with E-state index in [0.29, 0.717) is 10.1 Å². The minimum atomic E-state index is -0.253. The second kappa shape index (κ2) is 7.30. The Labute approximate surface area is 156 Å². The number of benzene rings is 2. The maximum Gasteiger partial charge on any atom is 0.286 e. The molecular weight excluding hydrogens is 372 g/mol. The lowest BCUT2D eigenvalue weighted by Gasteiger charge is -1.97. The van der Waals surface area contributed by atoms with Gasteiger partial charge in [-0.3, -0.25) is 10.1 Å². The van der Waals surface area contributed by atoms with E-state index < -0.39 is 0 Å². The average Bonchev–Trinajstić information content (AvgIpc) is 3.27. The van der Waals surface area contributed by atoms with Crippen LogP contribution in [0.2, 0.25) is 0 Å². The number of amides is 1. The first-order valence-electron chi connectivity index (χ1n) is 7.45. The minimum Gasteiger partial charge on any atom is -0.294 e. The molecule has 0 atom stereocenters. The Balaban J connectivity index is 1.41. The molecule has 0 bridgehead atoms. The van der Waals surface area contributed by atoms with Crippen molar-refractivity contribution in [2.24, 2.45) is 0 Å². The number of rotatable bonds is 5. The number of hydrogen-bond acceptors (Lipinski definition) is 7. The monoisotopic (exact) mass is 384 g/mol. The summed E-state index contributed by atoms with van der Waals surface area (Å²) in [5, 5.41) is 11.9. The summed E-state index contributed by atoms with van der Waals surface area (Å²) in [4.78, 5) is 16.7. The predicted molar refractivity (Wildman–Crippen MR) is 103 cm³/mol. The van der Waals surface area contributed by atoms with Crippen LogP contribution in [-0.4, -0.2) is 21.1 Å². The molecule has 0 aliphatic rings. The van der Waals surface area contributed by atoms with Gasteiger partial charge in [0.15, 0.2) is 9.35 Å². The third-order valence-electron chi connectivity index (χ3n) is 3.32. The van der Waals surface area contributed by atoms with Gasteiger partial charge in [-0.25, -0.2) is 4.98 Å². The van der Waals surface area contributed by atoms with Gasteiger partial charge in [0.25, 0.3) is 5.91 Å². The summed E-state index contributed by atoms with van der Waals surface area (Å²) in [6, 6.07) is 17.9.